The first-order chi connectivity index (χ1) is 14.6. The molecule has 2 N–H and O–H groups in total. The Morgan fingerprint density at radius 1 is 0.967 bits per heavy atom. The van der Waals surface area contributed by atoms with Gasteiger partial charge in [-0.3, -0.25) is 9.59 Å². The van der Waals surface area contributed by atoms with E-state index in [0.29, 0.717) is 12.1 Å². The molecule has 30 heavy (non-hydrogen) atoms. The molecule has 0 aliphatic rings. The quantitative estimate of drug-likeness (QED) is 0.404. The van der Waals surface area contributed by atoms with Gasteiger partial charge in [-0.25, -0.2) is 0 Å². The van der Waals surface area contributed by atoms with Gasteiger partial charge in [0.1, 0.15) is 5.70 Å². The summed E-state index contributed by atoms with van der Waals surface area (Å²) in [6.45, 7) is 1.32. The van der Waals surface area contributed by atoms with Crippen molar-refractivity contribution >= 4 is 34.9 Å². The van der Waals surface area contributed by atoms with Crippen LogP contribution in [0.5, 0.6) is 0 Å². The molecule has 3 rings (SSSR count). The predicted octanol–water partition coefficient (Wildman–Crippen LogP) is 4.16. The summed E-state index contributed by atoms with van der Waals surface area (Å²) in [6, 6.07) is 22.8. The molecule has 5 nitrogen and oxygen atoms in total. The Hall–Kier alpha value is -3.38. The minimum Gasteiger partial charge on any atom is -0.375 e. The van der Waals surface area contributed by atoms with Gasteiger partial charge in [-0.05, 0) is 48.2 Å². The lowest BCUT2D eigenvalue weighted by Gasteiger charge is -2.19. The molecule has 2 aromatic carbocycles. The Balaban J connectivity index is 1.58. The van der Waals surface area contributed by atoms with Crippen molar-refractivity contribution in [2.45, 2.75) is 6.42 Å². The standard InChI is InChI=1S/C24H25N3O2S/c1-27(20-12-6-3-7-13-20)16-9-15-25-24(29)22(18-21-14-8-17-30-21)26-23(28)19-10-4-2-5-11-19/h2-8,10-14,17-18H,9,15-16H2,1H3,(H,25,29)(H,26,28)/b22-18-. The molecule has 1 aromatic heterocycles. The van der Waals surface area contributed by atoms with Crippen LogP contribution in [-0.4, -0.2) is 32.0 Å². The van der Waals surface area contributed by atoms with Crippen LogP contribution in [0.2, 0.25) is 0 Å². The molecule has 0 aliphatic carbocycles. The second-order valence-corrected chi connectivity index (χ2v) is 7.74. The third kappa shape index (κ3) is 6.32. The molecule has 1 heterocycles. The lowest BCUT2D eigenvalue weighted by Crippen LogP contribution is -2.36. The number of carbonyl (C=O) groups is 2. The normalized spacial score (nSPS) is 11.0. The lowest BCUT2D eigenvalue weighted by atomic mass is 10.2. The molecule has 0 aliphatic heterocycles. The number of anilines is 1. The van der Waals surface area contributed by atoms with Gasteiger partial charge in [0.05, 0.1) is 0 Å². The number of amides is 2. The minimum absolute atomic E-state index is 0.239. The van der Waals surface area contributed by atoms with E-state index in [1.165, 1.54) is 11.3 Å². The molecule has 0 saturated heterocycles. The van der Waals surface area contributed by atoms with E-state index < -0.39 is 0 Å². The Bertz CT molecular complexity index is 970. The molecular formula is C24H25N3O2S. The van der Waals surface area contributed by atoms with Crippen LogP contribution in [0.3, 0.4) is 0 Å². The van der Waals surface area contributed by atoms with Crippen molar-refractivity contribution in [2.24, 2.45) is 0 Å². The fourth-order valence-corrected chi connectivity index (χ4v) is 3.54. The molecule has 0 atom stereocenters. The summed E-state index contributed by atoms with van der Waals surface area (Å²) in [5.74, 6) is -0.604. The third-order valence-electron chi connectivity index (χ3n) is 4.51. The monoisotopic (exact) mass is 419 g/mol. The highest BCUT2D eigenvalue weighted by atomic mass is 32.1. The van der Waals surface area contributed by atoms with Gasteiger partial charge in [0, 0.05) is 36.3 Å². The van der Waals surface area contributed by atoms with Crippen molar-refractivity contribution in [2.75, 3.05) is 25.0 Å². The summed E-state index contributed by atoms with van der Waals surface area (Å²) in [4.78, 5) is 28.3. The van der Waals surface area contributed by atoms with Crippen molar-refractivity contribution in [1.82, 2.24) is 10.6 Å². The molecule has 0 unspecified atom stereocenters. The summed E-state index contributed by atoms with van der Waals surface area (Å²) >= 11 is 1.51. The Morgan fingerprint density at radius 2 is 1.67 bits per heavy atom. The topological polar surface area (TPSA) is 61.4 Å². The second kappa shape index (κ2) is 11.0. The minimum atomic E-state index is -0.308. The molecular weight excluding hydrogens is 394 g/mol. The van der Waals surface area contributed by atoms with Gasteiger partial charge in [-0.15, -0.1) is 11.3 Å². The third-order valence-corrected chi connectivity index (χ3v) is 5.33. The number of hydrogen-bond donors (Lipinski definition) is 2. The van der Waals surface area contributed by atoms with Crippen LogP contribution in [0.4, 0.5) is 5.69 Å². The zero-order valence-electron chi connectivity index (χ0n) is 16.9. The number of para-hydroxylation sites is 1. The number of thiophene rings is 1. The van der Waals surface area contributed by atoms with E-state index in [9.17, 15) is 9.59 Å². The highest BCUT2D eigenvalue weighted by Crippen LogP contribution is 2.13. The number of benzene rings is 2. The first-order valence-electron chi connectivity index (χ1n) is 9.79. The summed E-state index contributed by atoms with van der Waals surface area (Å²) in [7, 11) is 2.03. The summed E-state index contributed by atoms with van der Waals surface area (Å²) in [5, 5.41) is 7.60. The van der Waals surface area contributed by atoms with Crippen molar-refractivity contribution in [3.8, 4) is 0 Å². The fraction of sp³-hybridized carbons (Fsp3) is 0.167. The number of rotatable bonds is 9. The van der Waals surface area contributed by atoms with Crippen molar-refractivity contribution < 1.29 is 9.59 Å². The van der Waals surface area contributed by atoms with Gasteiger partial charge < -0.3 is 15.5 Å². The largest absolute Gasteiger partial charge is 0.375 e. The summed E-state index contributed by atoms with van der Waals surface area (Å²) in [6.07, 6.45) is 2.49. The van der Waals surface area contributed by atoms with Crippen molar-refractivity contribution in [3.05, 3.63) is 94.3 Å². The zero-order valence-corrected chi connectivity index (χ0v) is 17.7. The number of carbonyl (C=O) groups excluding carboxylic acids is 2. The van der Waals surface area contributed by atoms with E-state index >= 15 is 0 Å². The van der Waals surface area contributed by atoms with Crippen LogP contribution in [-0.2, 0) is 4.79 Å². The maximum absolute atomic E-state index is 12.7. The molecule has 0 fully saturated rings. The molecule has 0 saturated carbocycles. The molecule has 2 amide bonds. The van der Waals surface area contributed by atoms with Gasteiger partial charge in [-0.2, -0.15) is 0 Å². The summed E-state index contributed by atoms with van der Waals surface area (Å²) in [5.41, 5.74) is 1.88. The van der Waals surface area contributed by atoms with E-state index in [2.05, 4.69) is 27.7 Å². The Kier molecular flexibility index (Phi) is 7.80. The van der Waals surface area contributed by atoms with Crippen LogP contribution in [0.1, 0.15) is 21.7 Å². The maximum atomic E-state index is 12.7. The summed E-state index contributed by atoms with van der Waals surface area (Å²) < 4.78 is 0. The number of nitrogens with one attached hydrogen (secondary N) is 2. The number of hydrogen-bond acceptors (Lipinski definition) is 4. The maximum Gasteiger partial charge on any atom is 0.267 e. The predicted molar refractivity (Wildman–Crippen MR) is 124 cm³/mol. The van der Waals surface area contributed by atoms with Crippen molar-refractivity contribution in [3.63, 3.8) is 0 Å². The smallest absolute Gasteiger partial charge is 0.267 e. The first kappa shape index (κ1) is 21.3. The van der Waals surface area contributed by atoms with E-state index in [1.807, 2.05) is 48.8 Å². The SMILES string of the molecule is CN(CCCNC(=O)/C(=C/c1cccs1)NC(=O)c1ccccc1)c1ccccc1. The van der Waals surface area contributed by atoms with E-state index in [0.717, 1.165) is 23.5 Å². The number of nitrogens with zero attached hydrogens (tertiary/aromatic N) is 1. The average Bonchev–Trinajstić information content (AvgIpc) is 3.30. The Morgan fingerprint density at radius 3 is 2.33 bits per heavy atom. The second-order valence-electron chi connectivity index (χ2n) is 6.76. The molecule has 0 spiro atoms. The van der Waals surface area contributed by atoms with E-state index in [4.69, 9.17) is 0 Å². The van der Waals surface area contributed by atoms with Crippen molar-refractivity contribution in [1.29, 1.82) is 0 Å². The Labute approximate surface area is 181 Å². The molecule has 3 aromatic rings. The van der Waals surface area contributed by atoms with Gasteiger partial charge >= 0.3 is 0 Å². The molecule has 154 valence electrons. The van der Waals surface area contributed by atoms with Crippen LogP contribution in [0, 0.1) is 0 Å². The van der Waals surface area contributed by atoms with Gasteiger partial charge in [0.2, 0.25) is 0 Å². The highest BCUT2D eigenvalue weighted by molar-refractivity contribution is 7.10. The first-order valence-corrected chi connectivity index (χ1v) is 10.7. The van der Waals surface area contributed by atoms with Crippen LogP contribution in [0.25, 0.3) is 6.08 Å². The van der Waals surface area contributed by atoms with Gasteiger partial charge in [0.25, 0.3) is 11.8 Å². The lowest BCUT2D eigenvalue weighted by molar-refractivity contribution is -0.117. The van der Waals surface area contributed by atoms with E-state index in [1.54, 1.807) is 30.3 Å². The molecule has 0 radical (unpaired) electrons. The van der Waals surface area contributed by atoms with E-state index in [-0.39, 0.29) is 17.5 Å². The fourth-order valence-electron chi connectivity index (χ4n) is 2.88. The van der Waals surface area contributed by atoms with Crippen LogP contribution < -0.4 is 15.5 Å². The highest BCUT2D eigenvalue weighted by Gasteiger charge is 2.14. The average molecular weight is 420 g/mol. The molecule has 0 bridgehead atoms. The zero-order chi connectivity index (χ0) is 21.2. The van der Waals surface area contributed by atoms with Crippen LogP contribution in [0.15, 0.2) is 83.9 Å². The van der Waals surface area contributed by atoms with Gasteiger partial charge in [0.15, 0.2) is 0 Å². The van der Waals surface area contributed by atoms with Gasteiger partial charge in [-0.1, -0.05) is 42.5 Å². The molecule has 6 heteroatoms. The van der Waals surface area contributed by atoms with Crippen LogP contribution >= 0.6 is 11.3 Å².